The maximum absolute atomic E-state index is 6.34. The summed E-state index contributed by atoms with van der Waals surface area (Å²) in [6.07, 6.45) is 1.95. The van der Waals surface area contributed by atoms with Gasteiger partial charge in [-0.3, -0.25) is 0 Å². The molecule has 2 heteroatoms. The Bertz CT molecular complexity index is 345. The van der Waals surface area contributed by atoms with E-state index in [-0.39, 0.29) is 5.54 Å². The summed E-state index contributed by atoms with van der Waals surface area (Å²) >= 11 is 0. The van der Waals surface area contributed by atoms with E-state index in [0.29, 0.717) is 12.5 Å². The lowest BCUT2D eigenvalue weighted by Crippen LogP contribution is -2.34. The lowest BCUT2D eigenvalue weighted by atomic mass is 9.88. The van der Waals surface area contributed by atoms with Gasteiger partial charge in [0.2, 0.25) is 0 Å². The van der Waals surface area contributed by atoms with Gasteiger partial charge in [0.1, 0.15) is 0 Å². The fourth-order valence-corrected chi connectivity index (χ4v) is 1.98. The van der Waals surface area contributed by atoms with Crippen molar-refractivity contribution < 1.29 is 4.74 Å². The van der Waals surface area contributed by atoms with Crippen molar-refractivity contribution in [3.05, 3.63) is 35.4 Å². The third-order valence-electron chi connectivity index (χ3n) is 3.06. The van der Waals surface area contributed by atoms with Crippen LogP contribution < -0.4 is 5.73 Å². The van der Waals surface area contributed by atoms with Crippen molar-refractivity contribution in [1.29, 1.82) is 0 Å². The van der Waals surface area contributed by atoms with Crippen molar-refractivity contribution in [2.24, 2.45) is 11.7 Å². The molecule has 1 rings (SSSR count). The van der Waals surface area contributed by atoms with Crippen molar-refractivity contribution in [2.45, 2.75) is 39.2 Å². The molecule has 0 bridgehead atoms. The molecule has 0 spiro atoms. The first-order valence-electron chi connectivity index (χ1n) is 6.33. The van der Waals surface area contributed by atoms with E-state index in [0.717, 1.165) is 12.8 Å². The summed E-state index contributed by atoms with van der Waals surface area (Å²) in [6, 6.07) is 8.62. The highest BCUT2D eigenvalue weighted by atomic mass is 16.5. The van der Waals surface area contributed by atoms with Gasteiger partial charge in [-0.05, 0) is 36.8 Å². The Kier molecular flexibility index (Phi) is 5.16. The lowest BCUT2D eigenvalue weighted by Gasteiger charge is -2.25. The van der Waals surface area contributed by atoms with Gasteiger partial charge in [-0.25, -0.2) is 0 Å². The Labute approximate surface area is 105 Å². The highest BCUT2D eigenvalue weighted by Crippen LogP contribution is 2.23. The first-order valence-corrected chi connectivity index (χ1v) is 6.33. The van der Waals surface area contributed by atoms with Crippen LogP contribution in [0.4, 0.5) is 0 Å². The van der Waals surface area contributed by atoms with Gasteiger partial charge in [-0.1, -0.05) is 38.1 Å². The zero-order chi connectivity index (χ0) is 12.9. The second-order valence-corrected chi connectivity index (χ2v) is 5.46. The quantitative estimate of drug-likeness (QED) is 0.822. The molecular weight excluding hydrogens is 210 g/mol. The Hall–Kier alpha value is -0.860. The smallest absolute Gasteiger partial charge is 0.0482 e. The predicted molar refractivity (Wildman–Crippen MR) is 73.0 cm³/mol. The minimum absolute atomic E-state index is 0.303. The molecule has 17 heavy (non-hydrogen) atoms. The third-order valence-corrected chi connectivity index (χ3v) is 3.06. The topological polar surface area (TPSA) is 35.2 Å². The SMILES string of the molecule is COCCC(C)(N)c1cccc(CC(C)C)c1. The van der Waals surface area contributed by atoms with Gasteiger partial charge in [0.15, 0.2) is 0 Å². The number of ether oxygens (including phenoxy) is 1. The summed E-state index contributed by atoms with van der Waals surface area (Å²) in [5, 5.41) is 0. The second-order valence-electron chi connectivity index (χ2n) is 5.46. The summed E-state index contributed by atoms with van der Waals surface area (Å²) in [7, 11) is 1.71. The van der Waals surface area contributed by atoms with E-state index in [4.69, 9.17) is 10.5 Å². The van der Waals surface area contributed by atoms with E-state index in [9.17, 15) is 0 Å². The molecule has 0 saturated carbocycles. The van der Waals surface area contributed by atoms with Crippen LogP contribution >= 0.6 is 0 Å². The maximum atomic E-state index is 6.34. The molecule has 96 valence electrons. The van der Waals surface area contributed by atoms with Gasteiger partial charge in [0.25, 0.3) is 0 Å². The van der Waals surface area contributed by atoms with Crippen molar-refractivity contribution in [3.63, 3.8) is 0 Å². The van der Waals surface area contributed by atoms with Crippen LogP contribution in [0.3, 0.4) is 0 Å². The van der Waals surface area contributed by atoms with Crippen LogP contribution in [0.1, 0.15) is 38.3 Å². The Morgan fingerprint density at radius 3 is 2.65 bits per heavy atom. The maximum Gasteiger partial charge on any atom is 0.0482 e. The molecule has 0 aromatic heterocycles. The molecule has 0 fully saturated rings. The number of rotatable bonds is 6. The molecule has 0 aliphatic carbocycles. The van der Waals surface area contributed by atoms with Gasteiger partial charge in [0, 0.05) is 19.3 Å². The van der Waals surface area contributed by atoms with Crippen molar-refractivity contribution in [3.8, 4) is 0 Å². The largest absolute Gasteiger partial charge is 0.385 e. The predicted octanol–water partition coefficient (Wildman–Crippen LogP) is 3.10. The Morgan fingerprint density at radius 1 is 1.35 bits per heavy atom. The zero-order valence-electron chi connectivity index (χ0n) is 11.5. The van der Waals surface area contributed by atoms with Gasteiger partial charge >= 0.3 is 0 Å². The van der Waals surface area contributed by atoms with Crippen molar-refractivity contribution in [1.82, 2.24) is 0 Å². The Balaban J connectivity index is 2.82. The van der Waals surface area contributed by atoms with Gasteiger partial charge in [0.05, 0.1) is 0 Å². The molecule has 2 N–H and O–H groups in total. The molecule has 1 unspecified atom stereocenters. The minimum atomic E-state index is -0.303. The minimum Gasteiger partial charge on any atom is -0.385 e. The summed E-state index contributed by atoms with van der Waals surface area (Å²) in [6.45, 7) is 7.24. The van der Waals surface area contributed by atoms with E-state index >= 15 is 0 Å². The number of nitrogens with two attached hydrogens (primary N) is 1. The summed E-state index contributed by atoms with van der Waals surface area (Å²) in [5.74, 6) is 0.674. The second kappa shape index (κ2) is 6.18. The van der Waals surface area contributed by atoms with E-state index in [2.05, 4.69) is 45.0 Å². The van der Waals surface area contributed by atoms with Crippen LogP contribution in [-0.4, -0.2) is 13.7 Å². The van der Waals surface area contributed by atoms with Crippen LogP contribution in [0.15, 0.2) is 24.3 Å². The average Bonchev–Trinajstić information content (AvgIpc) is 2.26. The third kappa shape index (κ3) is 4.49. The van der Waals surface area contributed by atoms with E-state index in [1.165, 1.54) is 11.1 Å². The zero-order valence-corrected chi connectivity index (χ0v) is 11.5. The number of benzene rings is 1. The first-order chi connectivity index (χ1) is 7.95. The van der Waals surface area contributed by atoms with Crippen LogP contribution in [0, 0.1) is 5.92 Å². The molecule has 1 aromatic rings. The van der Waals surface area contributed by atoms with Gasteiger partial charge in [-0.15, -0.1) is 0 Å². The molecular formula is C15H25NO. The van der Waals surface area contributed by atoms with Crippen molar-refractivity contribution >= 4 is 0 Å². The molecule has 0 heterocycles. The molecule has 0 aliphatic heterocycles. The van der Waals surface area contributed by atoms with E-state index in [1.807, 2.05) is 0 Å². The van der Waals surface area contributed by atoms with E-state index in [1.54, 1.807) is 7.11 Å². The van der Waals surface area contributed by atoms with Crippen LogP contribution in [0.5, 0.6) is 0 Å². The molecule has 2 nitrogen and oxygen atoms in total. The van der Waals surface area contributed by atoms with Crippen LogP contribution in [-0.2, 0) is 16.7 Å². The van der Waals surface area contributed by atoms with Crippen molar-refractivity contribution in [2.75, 3.05) is 13.7 Å². The van der Waals surface area contributed by atoms with Gasteiger partial charge in [-0.2, -0.15) is 0 Å². The standard InChI is InChI=1S/C15H25NO/c1-12(2)10-13-6-5-7-14(11-13)15(3,16)8-9-17-4/h5-7,11-12H,8-10,16H2,1-4H3. The fraction of sp³-hybridized carbons (Fsp3) is 0.600. The highest BCUT2D eigenvalue weighted by molar-refractivity contribution is 5.29. The first kappa shape index (κ1) is 14.2. The number of hydrogen-bond acceptors (Lipinski definition) is 2. The van der Waals surface area contributed by atoms with E-state index < -0.39 is 0 Å². The molecule has 0 amide bonds. The van der Waals surface area contributed by atoms with Gasteiger partial charge < -0.3 is 10.5 Å². The summed E-state index contributed by atoms with van der Waals surface area (Å²) in [4.78, 5) is 0. The number of methoxy groups -OCH3 is 1. The highest BCUT2D eigenvalue weighted by Gasteiger charge is 2.20. The molecule has 1 aromatic carbocycles. The average molecular weight is 235 g/mol. The van der Waals surface area contributed by atoms with Crippen LogP contribution in [0.2, 0.25) is 0 Å². The van der Waals surface area contributed by atoms with Crippen LogP contribution in [0.25, 0.3) is 0 Å². The molecule has 0 aliphatic rings. The molecule has 1 atom stereocenters. The lowest BCUT2D eigenvalue weighted by molar-refractivity contribution is 0.172. The number of hydrogen-bond donors (Lipinski definition) is 1. The summed E-state index contributed by atoms with van der Waals surface area (Å²) in [5.41, 5.74) is 8.61. The normalized spacial score (nSPS) is 14.9. The summed E-state index contributed by atoms with van der Waals surface area (Å²) < 4.78 is 5.11. The Morgan fingerprint density at radius 2 is 2.06 bits per heavy atom. The monoisotopic (exact) mass is 235 g/mol. The fourth-order valence-electron chi connectivity index (χ4n) is 1.98. The molecule has 0 saturated heterocycles. The molecule has 0 radical (unpaired) electrons.